The molecule has 2 aromatic rings. The van der Waals surface area contributed by atoms with Crippen LogP contribution in [0.15, 0.2) is 58.3 Å². The molecule has 0 aliphatic carbocycles. The Morgan fingerprint density at radius 3 is 2.20 bits per heavy atom. The first-order valence-electron chi connectivity index (χ1n) is 9.45. The maximum absolute atomic E-state index is 12.4. The Morgan fingerprint density at radius 2 is 1.60 bits per heavy atom. The molecule has 1 saturated heterocycles. The van der Waals surface area contributed by atoms with Gasteiger partial charge in [-0.1, -0.05) is 29.8 Å². The minimum Gasteiger partial charge on any atom is -0.389 e. The Bertz CT molecular complexity index is 1070. The molecule has 2 aromatic carbocycles. The standard InChI is InChI=1S/C20H26N2O6S2/c1-14-3-7-17(8-4-14)30(26,27)22-12-19-20(23)18(13-28-19)21-11-15-5-9-16(10-6-15)29(2,24)25/h3-10,18-23H,11-13H2,1-2H3/t18-,19-,20+/m1/s1. The van der Waals surface area contributed by atoms with Crippen molar-refractivity contribution >= 4 is 19.9 Å². The minimum absolute atomic E-state index is 0.0430. The van der Waals surface area contributed by atoms with Crippen LogP contribution in [0.2, 0.25) is 0 Å². The van der Waals surface area contributed by atoms with Gasteiger partial charge in [0.1, 0.15) is 0 Å². The summed E-state index contributed by atoms with van der Waals surface area (Å²) < 4.78 is 55.9. The third kappa shape index (κ3) is 5.65. The average Bonchev–Trinajstić information content (AvgIpc) is 3.04. The first-order valence-corrected chi connectivity index (χ1v) is 12.8. The Hall–Kier alpha value is -1.82. The van der Waals surface area contributed by atoms with Crippen molar-refractivity contribution < 1.29 is 26.7 Å². The number of rotatable bonds is 8. The van der Waals surface area contributed by atoms with Crippen LogP contribution in [-0.2, 0) is 31.1 Å². The number of aliphatic hydroxyl groups is 1. The Balaban J connectivity index is 1.52. The molecule has 164 valence electrons. The van der Waals surface area contributed by atoms with Crippen molar-refractivity contribution in [1.82, 2.24) is 10.0 Å². The van der Waals surface area contributed by atoms with Crippen LogP contribution in [-0.4, -0.2) is 59.6 Å². The molecule has 0 radical (unpaired) electrons. The Kier molecular flexibility index (Phi) is 6.95. The van der Waals surface area contributed by atoms with Crippen molar-refractivity contribution in [3.63, 3.8) is 0 Å². The summed E-state index contributed by atoms with van der Waals surface area (Å²) in [6.45, 7) is 2.48. The summed E-state index contributed by atoms with van der Waals surface area (Å²) in [5.41, 5.74) is 1.82. The van der Waals surface area contributed by atoms with Gasteiger partial charge in [-0.25, -0.2) is 21.6 Å². The van der Waals surface area contributed by atoms with Gasteiger partial charge in [0.05, 0.1) is 34.6 Å². The second kappa shape index (κ2) is 9.13. The van der Waals surface area contributed by atoms with Crippen LogP contribution in [0.3, 0.4) is 0 Å². The van der Waals surface area contributed by atoms with Crippen molar-refractivity contribution in [1.29, 1.82) is 0 Å². The third-order valence-electron chi connectivity index (χ3n) is 5.01. The lowest BCUT2D eigenvalue weighted by molar-refractivity contribution is 0.0443. The van der Waals surface area contributed by atoms with Crippen molar-refractivity contribution in [3.05, 3.63) is 59.7 Å². The zero-order chi connectivity index (χ0) is 21.9. The van der Waals surface area contributed by atoms with Crippen LogP contribution in [0, 0.1) is 6.92 Å². The molecule has 3 atom stereocenters. The summed E-state index contributed by atoms with van der Waals surface area (Å²) in [5.74, 6) is 0. The van der Waals surface area contributed by atoms with E-state index in [0.717, 1.165) is 17.4 Å². The molecule has 30 heavy (non-hydrogen) atoms. The highest BCUT2D eigenvalue weighted by Gasteiger charge is 2.36. The number of nitrogens with one attached hydrogen (secondary N) is 2. The lowest BCUT2D eigenvalue weighted by atomic mass is 10.1. The van der Waals surface area contributed by atoms with Crippen molar-refractivity contribution in [2.45, 2.75) is 41.5 Å². The minimum atomic E-state index is -3.69. The number of aryl methyl sites for hydroxylation is 1. The molecule has 8 nitrogen and oxygen atoms in total. The molecule has 0 aromatic heterocycles. The van der Waals surface area contributed by atoms with Crippen LogP contribution < -0.4 is 10.0 Å². The molecule has 0 unspecified atom stereocenters. The molecular weight excluding hydrogens is 428 g/mol. The van der Waals surface area contributed by atoms with Gasteiger partial charge in [0.25, 0.3) is 0 Å². The summed E-state index contributed by atoms with van der Waals surface area (Å²) >= 11 is 0. The lowest BCUT2D eigenvalue weighted by Gasteiger charge is -2.19. The first kappa shape index (κ1) is 22.9. The quantitative estimate of drug-likeness (QED) is 0.534. The topological polar surface area (TPSA) is 122 Å². The normalized spacial score (nSPS) is 22.3. The number of sulfone groups is 1. The van der Waals surface area contributed by atoms with E-state index in [-0.39, 0.29) is 29.0 Å². The van der Waals surface area contributed by atoms with Gasteiger partial charge >= 0.3 is 0 Å². The molecule has 1 aliphatic heterocycles. The number of sulfonamides is 1. The zero-order valence-electron chi connectivity index (χ0n) is 16.8. The summed E-state index contributed by atoms with van der Waals surface area (Å²) in [7, 11) is -6.93. The first-order chi connectivity index (χ1) is 14.1. The maximum atomic E-state index is 12.4. The van der Waals surface area contributed by atoms with Crippen molar-refractivity contribution in [2.75, 3.05) is 19.4 Å². The summed E-state index contributed by atoms with van der Waals surface area (Å²) in [6, 6.07) is 12.6. The number of benzene rings is 2. The van der Waals surface area contributed by atoms with Crippen LogP contribution in [0.25, 0.3) is 0 Å². The summed E-state index contributed by atoms with van der Waals surface area (Å²) in [5, 5.41) is 13.6. The van der Waals surface area contributed by atoms with E-state index in [4.69, 9.17) is 4.74 Å². The van der Waals surface area contributed by atoms with E-state index in [1.165, 1.54) is 24.3 Å². The molecule has 3 rings (SSSR count). The predicted octanol–water partition coefficient (Wildman–Crippen LogP) is 0.595. The van der Waals surface area contributed by atoms with Gasteiger partial charge in [-0.05, 0) is 36.8 Å². The van der Waals surface area contributed by atoms with E-state index < -0.39 is 32.1 Å². The molecule has 1 fully saturated rings. The fourth-order valence-corrected chi connectivity index (χ4v) is 4.81. The number of hydrogen-bond donors (Lipinski definition) is 3. The molecule has 0 saturated carbocycles. The number of aliphatic hydroxyl groups excluding tert-OH is 1. The van der Waals surface area contributed by atoms with E-state index in [1.54, 1.807) is 24.3 Å². The SMILES string of the molecule is Cc1ccc(S(=O)(=O)NC[C@H]2OC[C@@H](NCc3ccc(S(C)(=O)=O)cc3)[C@@H]2O)cc1. The van der Waals surface area contributed by atoms with Gasteiger partial charge in [0, 0.05) is 19.3 Å². The van der Waals surface area contributed by atoms with Crippen molar-refractivity contribution in [3.8, 4) is 0 Å². The van der Waals surface area contributed by atoms with Gasteiger partial charge in [-0.15, -0.1) is 0 Å². The van der Waals surface area contributed by atoms with Gasteiger partial charge in [-0.3, -0.25) is 0 Å². The van der Waals surface area contributed by atoms with Crippen LogP contribution in [0.4, 0.5) is 0 Å². The zero-order valence-corrected chi connectivity index (χ0v) is 18.4. The highest BCUT2D eigenvalue weighted by atomic mass is 32.2. The van der Waals surface area contributed by atoms with Crippen LogP contribution in [0.5, 0.6) is 0 Å². The predicted molar refractivity (Wildman–Crippen MR) is 112 cm³/mol. The fourth-order valence-electron chi connectivity index (χ4n) is 3.14. The second-order valence-corrected chi connectivity index (χ2v) is 11.2. The monoisotopic (exact) mass is 454 g/mol. The van der Waals surface area contributed by atoms with Gasteiger partial charge in [-0.2, -0.15) is 0 Å². The van der Waals surface area contributed by atoms with E-state index in [1.807, 2.05) is 6.92 Å². The Morgan fingerprint density at radius 1 is 1.00 bits per heavy atom. The van der Waals surface area contributed by atoms with Gasteiger partial charge in [0.2, 0.25) is 10.0 Å². The van der Waals surface area contributed by atoms with Gasteiger partial charge in [0.15, 0.2) is 9.84 Å². The highest BCUT2D eigenvalue weighted by Crippen LogP contribution is 2.17. The smallest absolute Gasteiger partial charge is 0.240 e. The van der Waals surface area contributed by atoms with E-state index in [9.17, 15) is 21.9 Å². The third-order valence-corrected chi connectivity index (χ3v) is 7.58. The van der Waals surface area contributed by atoms with E-state index >= 15 is 0 Å². The Labute approximate surface area is 177 Å². The van der Waals surface area contributed by atoms with Gasteiger partial charge < -0.3 is 15.2 Å². The summed E-state index contributed by atoms with van der Waals surface area (Å²) in [4.78, 5) is 0.407. The molecular formula is C20H26N2O6S2. The molecule has 0 amide bonds. The largest absolute Gasteiger partial charge is 0.389 e. The number of hydrogen-bond acceptors (Lipinski definition) is 7. The van der Waals surface area contributed by atoms with Crippen LogP contribution in [0.1, 0.15) is 11.1 Å². The van der Waals surface area contributed by atoms with Crippen LogP contribution >= 0.6 is 0 Å². The van der Waals surface area contributed by atoms with Crippen molar-refractivity contribution in [2.24, 2.45) is 0 Å². The fraction of sp³-hybridized carbons (Fsp3) is 0.400. The molecule has 0 bridgehead atoms. The lowest BCUT2D eigenvalue weighted by Crippen LogP contribution is -2.44. The molecule has 1 aliphatic rings. The molecule has 1 heterocycles. The number of ether oxygens (including phenoxy) is 1. The summed E-state index contributed by atoms with van der Waals surface area (Å²) in [6.07, 6.45) is -0.406. The molecule has 3 N–H and O–H groups in total. The van der Waals surface area contributed by atoms with E-state index in [0.29, 0.717) is 6.54 Å². The van der Waals surface area contributed by atoms with E-state index in [2.05, 4.69) is 10.0 Å². The maximum Gasteiger partial charge on any atom is 0.240 e. The average molecular weight is 455 g/mol. The second-order valence-electron chi connectivity index (χ2n) is 7.43. The molecule has 10 heteroatoms. The molecule has 0 spiro atoms. The highest BCUT2D eigenvalue weighted by molar-refractivity contribution is 7.90.